The zero-order valence-electron chi connectivity index (χ0n) is 18.3. The Kier molecular flexibility index (Phi) is 6.70. The van der Waals surface area contributed by atoms with Gasteiger partial charge in [0.1, 0.15) is 11.6 Å². The molecule has 2 aromatic heterocycles. The first-order valence-corrected chi connectivity index (χ1v) is 12.3. The molecule has 178 valence electrons. The topological polar surface area (TPSA) is 129 Å². The Labute approximate surface area is 196 Å². The fourth-order valence-electron chi connectivity index (χ4n) is 3.70. The summed E-state index contributed by atoms with van der Waals surface area (Å²) in [7, 11) is -3.67. The van der Waals surface area contributed by atoms with E-state index >= 15 is 0 Å². The molecule has 1 aliphatic rings. The molecule has 1 fully saturated rings. The number of pyridine rings is 1. The quantitative estimate of drug-likeness (QED) is 0.531. The lowest BCUT2D eigenvalue weighted by Crippen LogP contribution is -2.46. The van der Waals surface area contributed by atoms with Gasteiger partial charge in [0.15, 0.2) is 11.5 Å². The highest BCUT2D eigenvalue weighted by atomic mass is 32.2. The normalized spacial score (nSPS) is 14.7. The number of nitrogens with one attached hydrogen (secondary N) is 1. The molecular formula is C22H23FN6O4S. The summed E-state index contributed by atoms with van der Waals surface area (Å²) in [6.45, 7) is 3.35. The van der Waals surface area contributed by atoms with Crippen molar-refractivity contribution in [2.24, 2.45) is 0 Å². The number of nitrogens with zero attached hydrogens (tertiary/aromatic N) is 5. The molecule has 2 N–H and O–H groups in total. The molecule has 1 amide bonds. The van der Waals surface area contributed by atoms with Crippen LogP contribution in [-0.2, 0) is 16.6 Å². The third-order valence-corrected chi connectivity index (χ3v) is 5.89. The molecule has 0 radical (unpaired) electrons. The molecule has 4 rings (SSSR count). The van der Waals surface area contributed by atoms with Crippen molar-refractivity contribution in [2.45, 2.75) is 6.54 Å². The second kappa shape index (κ2) is 9.69. The van der Waals surface area contributed by atoms with Crippen molar-refractivity contribution in [1.29, 1.82) is 0 Å². The lowest BCUT2D eigenvalue weighted by Gasteiger charge is -2.35. The smallest absolute Gasteiger partial charge is 0.285 e. The molecule has 0 spiro atoms. The Hall–Kier alpha value is -3.64. The van der Waals surface area contributed by atoms with Crippen LogP contribution in [0.2, 0.25) is 0 Å². The number of rotatable bonds is 6. The van der Waals surface area contributed by atoms with Crippen molar-refractivity contribution in [3.63, 3.8) is 0 Å². The maximum atomic E-state index is 14.7. The number of hydrogen-bond acceptors (Lipinski definition) is 9. The van der Waals surface area contributed by atoms with Crippen LogP contribution >= 0.6 is 0 Å². The number of anilines is 1. The van der Waals surface area contributed by atoms with E-state index in [2.05, 4.69) is 20.1 Å². The second-order valence-electron chi connectivity index (χ2n) is 7.99. The molecule has 0 atom stereocenters. The summed E-state index contributed by atoms with van der Waals surface area (Å²) in [6.07, 6.45) is 3.69. The van der Waals surface area contributed by atoms with E-state index in [0.29, 0.717) is 36.6 Å². The number of benzene rings is 1. The van der Waals surface area contributed by atoms with E-state index in [1.165, 1.54) is 30.6 Å². The van der Waals surface area contributed by atoms with Gasteiger partial charge in [0.25, 0.3) is 5.91 Å². The molecule has 34 heavy (non-hydrogen) atoms. The first kappa shape index (κ1) is 23.5. The van der Waals surface area contributed by atoms with Gasteiger partial charge in [0, 0.05) is 50.0 Å². The fraction of sp³-hybridized carbons (Fsp3) is 0.273. The third-order valence-electron chi connectivity index (χ3n) is 5.33. The van der Waals surface area contributed by atoms with Gasteiger partial charge >= 0.3 is 0 Å². The van der Waals surface area contributed by atoms with Gasteiger partial charge in [-0.3, -0.25) is 14.7 Å². The molecule has 12 heteroatoms. The molecule has 0 aliphatic carbocycles. The Balaban J connectivity index is 1.33. The summed E-state index contributed by atoms with van der Waals surface area (Å²) in [6, 6.07) is 9.58. The zero-order chi connectivity index (χ0) is 24.3. The third kappa shape index (κ3) is 5.83. The summed E-state index contributed by atoms with van der Waals surface area (Å²) >= 11 is 0. The highest BCUT2D eigenvalue weighted by Gasteiger charge is 2.20. The number of aromatic hydroxyl groups is 1. The van der Waals surface area contributed by atoms with Gasteiger partial charge < -0.3 is 10.0 Å². The Morgan fingerprint density at radius 2 is 1.85 bits per heavy atom. The summed E-state index contributed by atoms with van der Waals surface area (Å²) in [5.74, 6) is -0.634. The number of amides is 1. The van der Waals surface area contributed by atoms with E-state index in [9.17, 15) is 22.7 Å². The Bertz CT molecular complexity index is 1300. The molecule has 1 saturated heterocycles. The summed E-state index contributed by atoms with van der Waals surface area (Å²) in [5.41, 5.74) is 1.64. The molecule has 1 aliphatic heterocycles. The van der Waals surface area contributed by atoms with Crippen molar-refractivity contribution in [2.75, 3.05) is 37.3 Å². The summed E-state index contributed by atoms with van der Waals surface area (Å²) in [5, 5.41) is 17.5. The van der Waals surface area contributed by atoms with E-state index in [4.69, 9.17) is 0 Å². The zero-order valence-corrected chi connectivity index (χ0v) is 19.2. The van der Waals surface area contributed by atoms with Crippen LogP contribution in [0.4, 0.5) is 10.2 Å². The molecule has 3 aromatic rings. The van der Waals surface area contributed by atoms with E-state index in [-0.39, 0.29) is 17.3 Å². The van der Waals surface area contributed by atoms with Gasteiger partial charge in [-0.15, -0.1) is 10.2 Å². The van der Waals surface area contributed by atoms with Crippen LogP contribution in [0, 0.1) is 5.82 Å². The molecule has 0 unspecified atom stereocenters. The van der Waals surface area contributed by atoms with Crippen molar-refractivity contribution >= 4 is 21.7 Å². The van der Waals surface area contributed by atoms with Gasteiger partial charge in [-0.2, -0.15) is 0 Å². The van der Waals surface area contributed by atoms with Crippen molar-refractivity contribution in [3.8, 4) is 16.9 Å². The van der Waals surface area contributed by atoms with Crippen LogP contribution in [0.3, 0.4) is 0 Å². The van der Waals surface area contributed by atoms with E-state index in [0.717, 1.165) is 24.9 Å². The first-order valence-electron chi connectivity index (χ1n) is 10.4. The molecular weight excluding hydrogens is 463 g/mol. The van der Waals surface area contributed by atoms with Crippen LogP contribution < -0.4 is 9.62 Å². The van der Waals surface area contributed by atoms with Crippen LogP contribution in [0.15, 0.2) is 48.8 Å². The molecule has 0 saturated carbocycles. The van der Waals surface area contributed by atoms with Crippen LogP contribution in [-0.4, -0.2) is 71.9 Å². The fourth-order valence-corrected chi connectivity index (χ4v) is 4.14. The number of halogens is 1. The number of carbonyl (C=O) groups is 1. The van der Waals surface area contributed by atoms with Crippen molar-refractivity contribution < 1.29 is 22.7 Å². The predicted octanol–water partition coefficient (Wildman–Crippen LogP) is 1.39. The standard InChI is InChI=1S/C22H23FN6O4S/c1-34(32,33)27-22(31)20-4-5-21(26-25-20)29-8-6-28(7-9-29)14-15-2-3-18(19(23)10-15)16-11-17(30)13-24-12-16/h2-5,10-13,30H,6-9,14H2,1H3,(H,27,31). The lowest BCUT2D eigenvalue weighted by atomic mass is 10.0. The van der Waals surface area contributed by atoms with E-state index < -0.39 is 15.9 Å². The van der Waals surface area contributed by atoms with Gasteiger partial charge in [0.2, 0.25) is 10.0 Å². The minimum atomic E-state index is -3.67. The minimum absolute atomic E-state index is 0.0182. The molecule has 0 bridgehead atoms. The van der Waals surface area contributed by atoms with Crippen LogP contribution in [0.1, 0.15) is 16.1 Å². The maximum Gasteiger partial charge on any atom is 0.285 e. The number of hydrogen-bond donors (Lipinski definition) is 2. The number of aromatic nitrogens is 3. The van der Waals surface area contributed by atoms with Gasteiger partial charge in [-0.05, 0) is 29.8 Å². The van der Waals surface area contributed by atoms with E-state index in [1.54, 1.807) is 12.1 Å². The molecule has 1 aromatic carbocycles. The minimum Gasteiger partial charge on any atom is -0.506 e. The van der Waals surface area contributed by atoms with Crippen LogP contribution in [0.25, 0.3) is 11.1 Å². The Morgan fingerprint density at radius 1 is 1.09 bits per heavy atom. The monoisotopic (exact) mass is 486 g/mol. The predicted molar refractivity (Wildman–Crippen MR) is 123 cm³/mol. The largest absolute Gasteiger partial charge is 0.506 e. The van der Waals surface area contributed by atoms with Gasteiger partial charge in [0.05, 0.1) is 12.5 Å². The maximum absolute atomic E-state index is 14.7. The average Bonchev–Trinajstić information content (AvgIpc) is 2.79. The number of sulfonamides is 1. The van der Waals surface area contributed by atoms with Crippen molar-refractivity contribution in [3.05, 3.63) is 65.9 Å². The highest BCUT2D eigenvalue weighted by Crippen LogP contribution is 2.26. The SMILES string of the molecule is CS(=O)(=O)NC(=O)c1ccc(N2CCN(Cc3ccc(-c4cncc(O)c4)c(F)c3)CC2)nn1. The summed E-state index contributed by atoms with van der Waals surface area (Å²) in [4.78, 5) is 20.0. The van der Waals surface area contributed by atoms with Gasteiger partial charge in [-0.1, -0.05) is 12.1 Å². The average molecular weight is 487 g/mol. The first-order chi connectivity index (χ1) is 16.2. The highest BCUT2D eigenvalue weighted by molar-refractivity contribution is 7.89. The van der Waals surface area contributed by atoms with E-state index in [1.807, 2.05) is 15.7 Å². The second-order valence-corrected chi connectivity index (χ2v) is 9.74. The van der Waals surface area contributed by atoms with Crippen molar-refractivity contribution in [1.82, 2.24) is 24.8 Å². The number of piperazine rings is 1. The van der Waals surface area contributed by atoms with Gasteiger partial charge in [-0.25, -0.2) is 17.5 Å². The molecule has 3 heterocycles. The lowest BCUT2D eigenvalue weighted by molar-refractivity contribution is 0.0976. The molecule has 10 nitrogen and oxygen atoms in total. The van der Waals surface area contributed by atoms with Crippen LogP contribution in [0.5, 0.6) is 5.75 Å². The summed E-state index contributed by atoms with van der Waals surface area (Å²) < 4.78 is 38.9. The number of carbonyl (C=O) groups excluding carboxylic acids is 1. The Morgan fingerprint density at radius 3 is 2.47 bits per heavy atom.